The van der Waals surface area contributed by atoms with Gasteiger partial charge in [0.05, 0.1) is 23.1 Å². The molecule has 1 heterocycles. The SMILES string of the molecule is CCc1c(C(=O)NNC(=O)C(=O)NC2CC2)cnn1-c1cccc(Cl)c1. The summed E-state index contributed by atoms with van der Waals surface area (Å²) in [5.74, 6) is -2.23. The molecule has 2 aromatic rings. The lowest BCUT2D eigenvalue weighted by Crippen LogP contribution is -2.49. The first-order chi connectivity index (χ1) is 12.5. The number of nitrogens with one attached hydrogen (secondary N) is 3. The number of aromatic nitrogens is 2. The minimum absolute atomic E-state index is 0.0616. The second-order valence-electron chi connectivity index (χ2n) is 5.91. The van der Waals surface area contributed by atoms with E-state index in [1.54, 1.807) is 22.9 Å². The van der Waals surface area contributed by atoms with Gasteiger partial charge in [0.2, 0.25) is 0 Å². The van der Waals surface area contributed by atoms with Gasteiger partial charge in [0.15, 0.2) is 0 Å². The van der Waals surface area contributed by atoms with Gasteiger partial charge < -0.3 is 5.32 Å². The smallest absolute Gasteiger partial charge is 0.327 e. The molecule has 1 aromatic carbocycles. The zero-order valence-electron chi connectivity index (χ0n) is 14.1. The van der Waals surface area contributed by atoms with Crippen LogP contribution in [0.5, 0.6) is 0 Å². The van der Waals surface area contributed by atoms with Crippen molar-refractivity contribution in [2.24, 2.45) is 0 Å². The van der Waals surface area contributed by atoms with Crippen molar-refractivity contribution in [2.45, 2.75) is 32.2 Å². The van der Waals surface area contributed by atoms with Gasteiger partial charge in [-0.1, -0.05) is 24.6 Å². The first-order valence-corrected chi connectivity index (χ1v) is 8.61. The highest BCUT2D eigenvalue weighted by atomic mass is 35.5. The number of hydrogen-bond acceptors (Lipinski definition) is 4. The van der Waals surface area contributed by atoms with E-state index in [0.29, 0.717) is 22.7 Å². The molecule has 0 radical (unpaired) electrons. The van der Waals surface area contributed by atoms with E-state index < -0.39 is 17.7 Å². The Bertz CT molecular complexity index is 860. The third kappa shape index (κ3) is 4.02. The second-order valence-corrected chi connectivity index (χ2v) is 6.34. The molecule has 1 fully saturated rings. The fourth-order valence-electron chi connectivity index (χ4n) is 2.45. The second kappa shape index (κ2) is 7.57. The summed E-state index contributed by atoms with van der Waals surface area (Å²) in [7, 11) is 0. The quantitative estimate of drug-likeness (QED) is 0.550. The van der Waals surface area contributed by atoms with Gasteiger partial charge >= 0.3 is 11.8 Å². The van der Waals surface area contributed by atoms with Gasteiger partial charge in [0.1, 0.15) is 0 Å². The van der Waals surface area contributed by atoms with Crippen LogP contribution >= 0.6 is 11.6 Å². The summed E-state index contributed by atoms with van der Waals surface area (Å²) < 4.78 is 1.61. The first-order valence-electron chi connectivity index (χ1n) is 8.23. The molecule has 0 saturated heterocycles. The summed E-state index contributed by atoms with van der Waals surface area (Å²) >= 11 is 6.01. The lowest BCUT2D eigenvalue weighted by molar-refractivity contribution is -0.139. The molecule has 1 aliphatic rings. The average molecular weight is 376 g/mol. The van der Waals surface area contributed by atoms with Crippen LogP contribution in [0.1, 0.15) is 35.8 Å². The Hall–Kier alpha value is -2.87. The maximum Gasteiger partial charge on any atom is 0.327 e. The number of nitrogens with zero attached hydrogens (tertiary/aromatic N) is 2. The van der Waals surface area contributed by atoms with Gasteiger partial charge in [-0.15, -0.1) is 0 Å². The van der Waals surface area contributed by atoms with Crippen molar-refractivity contribution in [1.29, 1.82) is 0 Å². The average Bonchev–Trinajstić information content (AvgIpc) is 3.33. The number of halogens is 1. The molecule has 3 N–H and O–H groups in total. The molecule has 26 heavy (non-hydrogen) atoms. The molecular formula is C17H18ClN5O3. The van der Waals surface area contributed by atoms with E-state index in [9.17, 15) is 14.4 Å². The molecule has 0 bridgehead atoms. The van der Waals surface area contributed by atoms with Crippen LogP contribution in [0.2, 0.25) is 5.02 Å². The zero-order valence-corrected chi connectivity index (χ0v) is 14.8. The highest BCUT2D eigenvalue weighted by molar-refractivity contribution is 6.35. The van der Waals surface area contributed by atoms with Gasteiger partial charge in [-0.05, 0) is 37.5 Å². The lowest BCUT2D eigenvalue weighted by atomic mass is 10.2. The molecule has 3 amide bonds. The van der Waals surface area contributed by atoms with Crippen LogP contribution in [0.25, 0.3) is 5.69 Å². The van der Waals surface area contributed by atoms with Crippen LogP contribution in [0.3, 0.4) is 0 Å². The Morgan fingerprint density at radius 3 is 2.65 bits per heavy atom. The van der Waals surface area contributed by atoms with Gasteiger partial charge in [-0.2, -0.15) is 5.10 Å². The predicted octanol–water partition coefficient (Wildman–Crippen LogP) is 1.13. The number of hydrazine groups is 1. The van der Waals surface area contributed by atoms with Crippen molar-refractivity contribution in [1.82, 2.24) is 25.9 Å². The summed E-state index contributed by atoms with van der Waals surface area (Å²) in [5, 5.41) is 7.33. The topological polar surface area (TPSA) is 105 Å². The molecule has 1 aliphatic carbocycles. The molecular weight excluding hydrogens is 358 g/mol. The first kappa shape index (κ1) is 17.9. The molecule has 136 valence electrons. The van der Waals surface area contributed by atoms with Crippen LogP contribution in [0.4, 0.5) is 0 Å². The van der Waals surface area contributed by atoms with E-state index in [1.807, 2.05) is 13.0 Å². The van der Waals surface area contributed by atoms with Crippen molar-refractivity contribution in [2.75, 3.05) is 0 Å². The summed E-state index contributed by atoms with van der Waals surface area (Å²) in [6.45, 7) is 1.89. The van der Waals surface area contributed by atoms with Gasteiger partial charge in [0.25, 0.3) is 5.91 Å². The van der Waals surface area contributed by atoms with E-state index in [4.69, 9.17) is 11.6 Å². The fraction of sp³-hybridized carbons (Fsp3) is 0.294. The molecule has 0 spiro atoms. The van der Waals surface area contributed by atoms with Gasteiger partial charge in [-0.3, -0.25) is 25.2 Å². The molecule has 0 atom stereocenters. The van der Waals surface area contributed by atoms with Crippen LogP contribution in [0, 0.1) is 0 Å². The highest BCUT2D eigenvalue weighted by Gasteiger charge is 2.26. The number of benzene rings is 1. The van der Waals surface area contributed by atoms with Crippen molar-refractivity contribution in [3.05, 3.63) is 46.7 Å². The highest BCUT2D eigenvalue weighted by Crippen LogP contribution is 2.19. The predicted molar refractivity (Wildman–Crippen MR) is 94.7 cm³/mol. The standard InChI is InChI=1S/C17H18ClN5O3/c1-2-14-13(9-19-23(14)12-5-3-4-10(18)8-12)15(24)21-22-17(26)16(25)20-11-6-7-11/h3-5,8-9,11H,2,6-7H2,1H3,(H,20,25)(H,21,24)(H,22,26). The molecule has 9 heteroatoms. The summed E-state index contributed by atoms with van der Waals surface area (Å²) in [4.78, 5) is 35.6. The normalized spacial score (nSPS) is 13.2. The number of carbonyl (C=O) groups excluding carboxylic acids is 3. The Kier molecular flexibility index (Phi) is 5.22. The maximum atomic E-state index is 12.4. The monoisotopic (exact) mass is 375 g/mol. The van der Waals surface area contributed by atoms with E-state index in [1.165, 1.54) is 6.20 Å². The van der Waals surface area contributed by atoms with E-state index in [0.717, 1.165) is 18.5 Å². The third-order valence-corrected chi connectivity index (χ3v) is 4.14. The molecule has 8 nitrogen and oxygen atoms in total. The fourth-order valence-corrected chi connectivity index (χ4v) is 2.63. The van der Waals surface area contributed by atoms with Crippen molar-refractivity contribution < 1.29 is 14.4 Å². The Morgan fingerprint density at radius 2 is 2.00 bits per heavy atom. The Labute approximate surface area is 154 Å². The largest absolute Gasteiger partial charge is 0.345 e. The minimum Gasteiger partial charge on any atom is -0.345 e. The lowest BCUT2D eigenvalue weighted by Gasteiger charge is -2.09. The minimum atomic E-state index is -0.912. The van der Waals surface area contributed by atoms with Crippen LogP contribution < -0.4 is 16.2 Å². The van der Waals surface area contributed by atoms with Gasteiger partial charge in [0, 0.05) is 11.1 Å². The molecule has 0 aliphatic heterocycles. The molecule has 3 rings (SSSR count). The maximum absolute atomic E-state index is 12.4. The number of amides is 3. The van der Waals surface area contributed by atoms with Crippen LogP contribution in [-0.4, -0.2) is 33.5 Å². The summed E-state index contributed by atoms with van der Waals surface area (Å²) in [6, 6.07) is 7.16. The van der Waals surface area contributed by atoms with E-state index >= 15 is 0 Å². The molecule has 0 unspecified atom stereocenters. The molecule has 1 aromatic heterocycles. The number of carbonyl (C=O) groups is 3. The van der Waals surface area contributed by atoms with E-state index in [2.05, 4.69) is 21.3 Å². The zero-order chi connectivity index (χ0) is 18.7. The van der Waals surface area contributed by atoms with E-state index in [-0.39, 0.29) is 6.04 Å². The van der Waals surface area contributed by atoms with Crippen LogP contribution in [-0.2, 0) is 16.0 Å². The van der Waals surface area contributed by atoms with Crippen molar-refractivity contribution in [3.63, 3.8) is 0 Å². The number of rotatable bonds is 4. The Balaban J connectivity index is 1.69. The van der Waals surface area contributed by atoms with Crippen molar-refractivity contribution >= 4 is 29.3 Å². The van der Waals surface area contributed by atoms with Crippen molar-refractivity contribution in [3.8, 4) is 5.69 Å². The summed E-state index contributed by atoms with van der Waals surface area (Å²) in [6.07, 6.45) is 3.68. The molecule has 1 saturated carbocycles. The Morgan fingerprint density at radius 1 is 1.23 bits per heavy atom. The van der Waals surface area contributed by atoms with Crippen LogP contribution in [0.15, 0.2) is 30.5 Å². The summed E-state index contributed by atoms with van der Waals surface area (Å²) in [5.41, 5.74) is 6.04. The van der Waals surface area contributed by atoms with Gasteiger partial charge in [-0.25, -0.2) is 4.68 Å². The third-order valence-electron chi connectivity index (χ3n) is 3.91. The number of hydrogen-bond donors (Lipinski definition) is 3.